The third kappa shape index (κ3) is 3.46. The Balaban J connectivity index is 2.11. The molecule has 0 bridgehead atoms. The van der Waals surface area contributed by atoms with E-state index in [9.17, 15) is 9.90 Å². The van der Waals surface area contributed by atoms with Crippen LogP contribution in [0.4, 0.5) is 5.82 Å². The van der Waals surface area contributed by atoms with E-state index in [1.807, 2.05) is 6.92 Å². The Bertz CT molecular complexity index is 473. The number of hydrogen-bond donors (Lipinski definition) is 2. The Kier molecular flexibility index (Phi) is 3.78. The van der Waals surface area contributed by atoms with E-state index in [2.05, 4.69) is 24.1 Å². The van der Waals surface area contributed by atoms with Crippen molar-refractivity contribution in [3.8, 4) is 0 Å². The van der Waals surface area contributed by atoms with Crippen LogP contribution in [0, 0.1) is 12.3 Å². The van der Waals surface area contributed by atoms with Gasteiger partial charge in [0.25, 0.3) is 0 Å². The Labute approximate surface area is 114 Å². The molecule has 1 aromatic rings. The second kappa shape index (κ2) is 5.19. The highest BCUT2D eigenvalue weighted by molar-refractivity contribution is 5.93. The molecule has 2 N–H and O–H groups in total. The quantitative estimate of drug-likeness (QED) is 0.875. The number of aromatic carboxylic acids is 1. The molecule has 0 unspecified atom stereocenters. The second-order valence-corrected chi connectivity index (χ2v) is 6.24. The molecular formula is C15H22N2O2. The molecule has 1 aliphatic rings. The second-order valence-electron chi connectivity index (χ2n) is 6.24. The van der Waals surface area contributed by atoms with Crippen molar-refractivity contribution in [2.45, 2.75) is 52.5 Å². The van der Waals surface area contributed by atoms with Gasteiger partial charge in [0.2, 0.25) is 0 Å². The van der Waals surface area contributed by atoms with Crippen molar-refractivity contribution in [1.82, 2.24) is 4.98 Å². The highest BCUT2D eigenvalue weighted by Crippen LogP contribution is 2.36. The van der Waals surface area contributed by atoms with Crippen LogP contribution in [0.5, 0.6) is 0 Å². The van der Waals surface area contributed by atoms with Crippen LogP contribution < -0.4 is 5.32 Å². The van der Waals surface area contributed by atoms with Crippen LogP contribution >= 0.6 is 0 Å². The summed E-state index contributed by atoms with van der Waals surface area (Å²) in [7, 11) is 0. The first kappa shape index (κ1) is 13.8. The summed E-state index contributed by atoms with van der Waals surface area (Å²) in [6.45, 7) is 6.45. The minimum Gasteiger partial charge on any atom is -0.478 e. The van der Waals surface area contributed by atoms with E-state index in [0.717, 1.165) is 18.5 Å². The molecule has 1 heterocycles. The Morgan fingerprint density at radius 1 is 1.37 bits per heavy atom. The molecule has 1 aliphatic carbocycles. The van der Waals surface area contributed by atoms with Gasteiger partial charge in [-0.25, -0.2) is 9.78 Å². The van der Waals surface area contributed by atoms with Gasteiger partial charge in [0.15, 0.2) is 0 Å². The lowest BCUT2D eigenvalue weighted by molar-refractivity contribution is 0.0697. The van der Waals surface area contributed by atoms with E-state index >= 15 is 0 Å². The van der Waals surface area contributed by atoms with Crippen LogP contribution in [0.1, 0.15) is 55.6 Å². The molecule has 0 saturated heterocycles. The summed E-state index contributed by atoms with van der Waals surface area (Å²) >= 11 is 0. The molecule has 104 valence electrons. The first-order valence-corrected chi connectivity index (χ1v) is 6.85. The van der Waals surface area contributed by atoms with E-state index in [1.54, 1.807) is 12.1 Å². The van der Waals surface area contributed by atoms with Crippen LogP contribution in [0.25, 0.3) is 0 Å². The van der Waals surface area contributed by atoms with E-state index in [-0.39, 0.29) is 5.56 Å². The van der Waals surface area contributed by atoms with Crippen LogP contribution in [0.2, 0.25) is 0 Å². The molecule has 4 heteroatoms. The first-order chi connectivity index (χ1) is 8.87. The molecule has 1 fully saturated rings. The highest BCUT2D eigenvalue weighted by Gasteiger charge is 2.27. The lowest BCUT2D eigenvalue weighted by Crippen LogP contribution is -2.30. The van der Waals surface area contributed by atoms with Crippen molar-refractivity contribution < 1.29 is 9.90 Å². The minimum absolute atomic E-state index is 0.260. The number of nitrogens with one attached hydrogen (secondary N) is 1. The number of carboxylic acids is 1. The number of rotatable bonds is 3. The average molecular weight is 262 g/mol. The van der Waals surface area contributed by atoms with Gasteiger partial charge in [0.1, 0.15) is 11.4 Å². The monoisotopic (exact) mass is 262 g/mol. The number of hydrogen-bond acceptors (Lipinski definition) is 3. The third-order valence-corrected chi connectivity index (χ3v) is 3.94. The summed E-state index contributed by atoms with van der Waals surface area (Å²) in [6, 6.07) is 3.69. The Morgan fingerprint density at radius 3 is 2.58 bits per heavy atom. The van der Waals surface area contributed by atoms with Crippen molar-refractivity contribution >= 4 is 11.8 Å². The maximum Gasteiger partial charge on any atom is 0.339 e. The van der Waals surface area contributed by atoms with Gasteiger partial charge >= 0.3 is 5.97 Å². The van der Waals surface area contributed by atoms with Gasteiger partial charge in [-0.1, -0.05) is 13.8 Å². The Morgan fingerprint density at radius 2 is 2.00 bits per heavy atom. The van der Waals surface area contributed by atoms with Gasteiger partial charge in [-0.15, -0.1) is 0 Å². The van der Waals surface area contributed by atoms with Gasteiger partial charge < -0.3 is 10.4 Å². The molecule has 19 heavy (non-hydrogen) atoms. The molecule has 0 aliphatic heterocycles. The van der Waals surface area contributed by atoms with E-state index in [0.29, 0.717) is 17.3 Å². The fourth-order valence-corrected chi connectivity index (χ4v) is 2.58. The number of pyridine rings is 1. The number of carboxylic acid groups (broad SMARTS) is 1. The average Bonchev–Trinajstić information content (AvgIpc) is 2.31. The normalized spacial score (nSPS) is 19.1. The maximum absolute atomic E-state index is 11.2. The van der Waals surface area contributed by atoms with Gasteiger partial charge in [-0.3, -0.25) is 0 Å². The summed E-state index contributed by atoms with van der Waals surface area (Å²) in [4.78, 5) is 15.5. The standard InChI is InChI=1S/C15H22N2O2/c1-10-4-5-12(14(18)19)13(16-10)17-11-6-8-15(2,3)9-7-11/h4-5,11H,6-9H2,1-3H3,(H,16,17)(H,18,19). The summed E-state index contributed by atoms with van der Waals surface area (Å²) in [5, 5.41) is 12.5. The fraction of sp³-hybridized carbons (Fsp3) is 0.600. The number of anilines is 1. The van der Waals surface area contributed by atoms with Crippen molar-refractivity contribution in [2.75, 3.05) is 5.32 Å². The maximum atomic E-state index is 11.2. The van der Waals surface area contributed by atoms with Crippen LogP contribution in [0.3, 0.4) is 0 Å². The zero-order valence-electron chi connectivity index (χ0n) is 11.9. The van der Waals surface area contributed by atoms with Crippen molar-refractivity contribution in [3.05, 3.63) is 23.4 Å². The molecule has 4 nitrogen and oxygen atoms in total. The highest BCUT2D eigenvalue weighted by atomic mass is 16.4. The van der Waals surface area contributed by atoms with Crippen LogP contribution in [-0.2, 0) is 0 Å². The van der Waals surface area contributed by atoms with Gasteiger partial charge in [-0.2, -0.15) is 0 Å². The summed E-state index contributed by atoms with van der Waals surface area (Å²) < 4.78 is 0. The lowest BCUT2D eigenvalue weighted by Gasteiger charge is -2.35. The van der Waals surface area contributed by atoms with Crippen molar-refractivity contribution in [2.24, 2.45) is 5.41 Å². The summed E-state index contributed by atoms with van der Waals surface area (Å²) in [5.41, 5.74) is 1.51. The largest absolute Gasteiger partial charge is 0.478 e. The molecule has 0 atom stereocenters. The smallest absolute Gasteiger partial charge is 0.339 e. The molecule has 0 amide bonds. The third-order valence-electron chi connectivity index (χ3n) is 3.94. The SMILES string of the molecule is Cc1ccc(C(=O)O)c(NC2CCC(C)(C)CC2)n1. The topological polar surface area (TPSA) is 62.2 Å². The number of nitrogens with zero attached hydrogens (tertiary/aromatic N) is 1. The van der Waals surface area contributed by atoms with Gasteiger partial charge in [0.05, 0.1) is 0 Å². The molecule has 2 rings (SSSR count). The van der Waals surface area contributed by atoms with E-state index in [1.165, 1.54) is 12.8 Å². The zero-order valence-corrected chi connectivity index (χ0v) is 11.9. The number of aromatic nitrogens is 1. The van der Waals surface area contributed by atoms with Gasteiger partial charge in [-0.05, 0) is 50.2 Å². The van der Waals surface area contributed by atoms with E-state index in [4.69, 9.17) is 0 Å². The fourth-order valence-electron chi connectivity index (χ4n) is 2.58. The molecule has 0 spiro atoms. The molecule has 1 aromatic heterocycles. The van der Waals surface area contributed by atoms with Crippen molar-refractivity contribution in [3.63, 3.8) is 0 Å². The molecule has 0 aromatic carbocycles. The minimum atomic E-state index is -0.925. The zero-order chi connectivity index (χ0) is 14.0. The number of carbonyl (C=O) groups is 1. The van der Waals surface area contributed by atoms with Crippen LogP contribution in [-0.4, -0.2) is 22.1 Å². The summed E-state index contributed by atoms with van der Waals surface area (Å²) in [5.74, 6) is -0.414. The van der Waals surface area contributed by atoms with Crippen LogP contribution in [0.15, 0.2) is 12.1 Å². The predicted octanol–water partition coefficient (Wildman–Crippen LogP) is 3.47. The summed E-state index contributed by atoms with van der Waals surface area (Å²) in [6.07, 6.45) is 4.47. The van der Waals surface area contributed by atoms with E-state index < -0.39 is 5.97 Å². The predicted molar refractivity (Wildman–Crippen MR) is 75.6 cm³/mol. The molecule has 1 saturated carbocycles. The first-order valence-electron chi connectivity index (χ1n) is 6.85. The van der Waals surface area contributed by atoms with Gasteiger partial charge in [0, 0.05) is 11.7 Å². The molecular weight excluding hydrogens is 240 g/mol. The molecule has 0 radical (unpaired) electrons. The lowest BCUT2D eigenvalue weighted by atomic mass is 9.75. The Hall–Kier alpha value is -1.58. The van der Waals surface area contributed by atoms with Crippen molar-refractivity contribution in [1.29, 1.82) is 0 Å². The number of aryl methyl sites for hydroxylation is 1.